The van der Waals surface area contributed by atoms with E-state index in [1.807, 2.05) is 0 Å². The van der Waals surface area contributed by atoms with E-state index in [1.165, 1.54) is 25.7 Å². The van der Waals surface area contributed by atoms with Crippen LogP contribution in [0, 0.1) is 0 Å². The van der Waals surface area contributed by atoms with Crippen molar-refractivity contribution in [2.75, 3.05) is 0 Å². The van der Waals surface area contributed by atoms with E-state index in [0.29, 0.717) is 0.772 Å². The monoisotopic (exact) mass is 386 g/mol. The second-order valence-corrected chi connectivity index (χ2v) is 15.2. The van der Waals surface area contributed by atoms with Crippen LogP contribution in [0.1, 0.15) is 81.1 Å². The van der Waals surface area contributed by atoms with Crippen LogP contribution in [0.25, 0.3) is 0 Å². The average molecular weight is 386 g/mol. The summed E-state index contributed by atoms with van der Waals surface area (Å²) in [7, 11) is 0. The first-order valence-electron chi connectivity index (χ1n) is 9.48. The van der Waals surface area contributed by atoms with E-state index in [-0.39, 0.29) is 0 Å². The van der Waals surface area contributed by atoms with Crippen molar-refractivity contribution in [1.29, 1.82) is 0 Å². The predicted octanol–water partition coefficient (Wildman–Crippen LogP) is 7.20. The Kier molecular flexibility index (Phi) is 6.32. The van der Waals surface area contributed by atoms with Crippen LogP contribution in [0.4, 0.5) is 0 Å². The Balaban J connectivity index is 2.52. The summed E-state index contributed by atoms with van der Waals surface area (Å²) in [6, 6.07) is 0. The fraction of sp³-hybridized carbons (Fsp3) is 0.636. The van der Waals surface area contributed by atoms with Crippen LogP contribution in [-0.4, -0.2) is 41.0 Å². The van der Waals surface area contributed by atoms with Gasteiger partial charge in [-0.25, -0.2) is 0 Å². The molecule has 0 aromatic heterocycles. The molecule has 0 aliphatic heterocycles. The zero-order chi connectivity index (χ0) is 17.4. The molecule has 23 heavy (non-hydrogen) atoms. The molecule has 0 saturated carbocycles. The van der Waals surface area contributed by atoms with Gasteiger partial charge in [0.05, 0.1) is 0 Å². The van der Waals surface area contributed by atoms with Gasteiger partial charge in [-0.1, -0.05) is 0 Å². The van der Waals surface area contributed by atoms with E-state index in [4.69, 9.17) is 0 Å². The summed E-state index contributed by atoms with van der Waals surface area (Å²) in [6.07, 6.45) is 10.7. The Morgan fingerprint density at radius 3 is 1.26 bits per heavy atom. The van der Waals surface area contributed by atoms with Crippen LogP contribution in [0.2, 0.25) is 0.772 Å². The van der Waals surface area contributed by atoms with Gasteiger partial charge in [0.25, 0.3) is 0 Å². The molecule has 0 nitrogen and oxygen atoms in total. The molecule has 0 heterocycles. The topological polar surface area (TPSA) is 0 Å². The summed E-state index contributed by atoms with van der Waals surface area (Å²) in [5.74, 6) is 0. The Bertz CT molecular complexity index is 560. The summed E-state index contributed by atoms with van der Waals surface area (Å²) in [6.45, 7) is 19.0. The summed E-state index contributed by atoms with van der Waals surface area (Å²) in [4.78, 5) is 0. The first-order valence-corrected chi connectivity index (χ1v) is 13.0. The molecular formula is C22H34Sr. The standard InChI is InChI=1S/2C11H17.Sr/c2*1-5-6-11-7-8(2)9(3)10(11)4;/h2*7H,5-6H2,1-4H3;. The molecule has 0 radical (unpaired) electrons. The van der Waals surface area contributed by atoms with Gasteiger partial charge in [-0.2, -0.15) is 0 Å². The van der Waals surface area contributed by atoms with E-state index in [1.54, 1.807) is 33.4 Å². The van der Waals surface area contributed by atoms with Crippen molar-refractivity contribution in [2.45, 2.75) is 81.8 Å². The normalized spacial score (nSPS) is 30.8. The number of hydrogen-bond donors (Lipinski definition) is 0. The van der Waals surface area contributed by atoms with Crippen molar-refractivity contribution in [3.8, 4) is 0 Å². The molecular weight excluding hydrogens is 352 g/mol. The van der Waals surface area contributed by atoms with E-state index in [9.17, 15) is 0 Å². The first kappa shape index (κ1) is 19.8. The van der Waals surface area contributed by atoms with Crippen molar-refractivity contribution in [2.24, 2.45) is 0 Å². The van der Waals surface area contributed by atoms with Crippen LogP contribution in [-0.2, 0) is 0 Å². The van der Waals surface area contributed by atoms with Crippen LogP contribution >= 0.6 is 0 Å². The van der Waals surface area contributed by atoms with Gasteiger partial charge in [0, 0.05) is 0 Å². The Labute approximate surface area is 167 Å². The molecule has 124 valence electrons. The Morgan fingerprint density at radius 1 is 0.696 bits per heavy atom. The van der Waals surface area contributed by atoms with Gasteiger partial charge in [0.2, 0.25) is 0 Å². The quantitative estimate of drug-likeness (QED) is 0.424. The van der Waals surface area contributed by atoms with Gasteiger partial charge in [-0.15, -0.1) is 0 Å². The maximum absolute atomic E-state index is 2.69. The minimum atomic E-state index is -1.19. The summed E-state index contributed by atoms with van der Waals surface area (Å²) in [5.41, 5.74) is 9.70. The third-order valence-electron chi connectivity index (χ3n) is 6.81. The van der Waals surface area contributed by atoms with Crippen molar-refractivity contribution in [3.63, 3.8) is 0 Å². The molecule has 0 spiro atoms. The second-order valence-electron chi connectivity index (χ2n) is 8.14. The van der Waals surface area contributed by atoms with Gasteiger partial charge in [0.1, 0.15) is 0 Å². The zero-order valence-electron chi connectivity index (χ0n) is 16.7. The fourth-order valence-electron chi connectivity index (χ4n) is 5.12. The van der Waals surface area contributed by atoms with Crippen LogP contribution in [0.5, 0.6) is 0 Å². The molecule has 2 rings (SSSR count). The molecule has 0 aromatic carbocycles. The first-order chi connectivity index (χ1) is 10.7. The maximum atomic E-state index is 2.69. The van der Waals surface area contributed by atoms with Crippen LogP contribution < -0.4 is 0 Å². The Hall–Kier alpha value is 0.441. The fourth-order valence-corrected chi connectivity index (χ4v) is 15.1. The second kappa shape index (κ2) is 7.36. The molecule has 0 amide bonds. The third-order valence-corrected chi connectivity index (χ3v) is 15.3. The predicted molar refractivity (Wildman–Crippen MR) is 105 cm³/mol. The third kappa shape index (κ3) is 3.41. The molecule has 0 bridgehead atoms. The molecule has 0 N–H and O–H groups in total. The number of hydrogen-bond acceptors (Lipinski definition) is 0. The number of allylic oxidation sites excluding steroid dienone is 8. The molecule has 0 fully saturated rings. The number of rotatable bonds is 6. The molecule has 2 atom stereocenters. The summed E-state index contributed by atoms with van der Waals surface area (Å²) < 4.78 is 0.949. The van der Waals surface area contributed by atoms with Gasteiger partial charge in [-0.3, -0.25) is 0 Å². The van der Waals surface area contributed by atoms with Crippen LogP contribution in [0.3, 0.4) is 0 Å². The van der Waals surface area contributed by atoms with Crippen LogP contribution in [0.15, 0.2) is 45.6 Å². The summed E-state index contributed by atoms with van der Waals surface area (Å²) in [5, 5.41) is 0. The van der Waals surface area contributed by atoms with Crippen molar-refractivity contribution in [3.05, 3.63) is 45.6 Å². The molecule has 2 aliphatic rings. The zero-order valence-corrected chi connectivity index (χ0v) is 20.2. The van der Waals surface area contributed by atoms with E-state index in [0.717, 1.165) is 0 Å². The van der Waals surface area contributed by atoms with Gasteiger partial charge >= 0.3 is 168 Å². The van der Waals surface area contributed by atoms with E-state index >= 15 is 0 Å². The molecule has 1 heteroatoms. The average Bonchev–Trinajstić information content (AvgIpc) is 2.82. The van der Waals surface area contributed by atoms with Crippen molar-refractivity contribution in [1.82, 2.24) is 0 Å². The van der Waals surface area contributed by atoms with Gasteiger partial charge in [-0.05, 0) is 0 Å². The van der Waals surface area contributed by atoms with Crippen molar-refractivity contribution < 1.29 is 0 Å². The molecule has 2 aliphatic carbocycles. The van der Waals surface area contributed by atoms with Crippen molar-refractivity contribution >= 4 is 41.0 Å². The van der Waals surface area contributed by atoms with Gasteiger partial charge < -0.3 is 0 Å². The molecule has 2 unspecified atom stereocenters. The summed E-state index contributed by atoms with van der Waals surface area (Å²) >= 11 is -1.19. The Morgan fingerprint density at radius 2 is 1.04 bits per heavy atom. The molecule has 0 aromatic rings. The van der Waals surface area contributed by atoms with E-state index < -0.39 is 41.0 Å². The molecule has 0 saturated heterocycles. The minimum absolute atomic E-state index is 0.475. The van der Waals surface area contributed by atoms with E-state index in [2.05, 4.69) is 67.5 Å². The van der Waals surface area contributed by atoms with Gasteiger partial charge in [0.15, 0.2) is 0 Å². The SMILES string of the molecule is CCC[C]1([Sr][C]2(CCC)C=C(C)C(C)=C2C)C=C(C)C(C)=C1C.